The van der Waals surface area contributed by atoms with Gasteiger partial charge in [0.2, 0.25) is 0 Å². The zero-order valence-corrected chi connectivity index (χ0v) is 20.4. The number of hydrogen-bond acceptors (Lipinski definition) is 4. The van der Waals surface area contributed by atoms with E-state index in [1.807, 2.05) is 7.05 Å². The van der Waals surface area contributed by atoms with Crippen molar-refractivity contribution < 1.29 is 0 Å². The van der Waals surface area contributed by atoms with Gasteiger partial charge in [0.15, 0.2) is 11.8 Å². The Morgan fingerprint density at radius 3 is 2.83 bits per heavy atom. The summed E-state index contributed by atoms with van der Waals surface area (Å²) in [5.74, 6) is 2.95. The first-order valence-corrected chi connectivity index (χ1v) is 10.9. The lowest BCUT2D eigenvalue weighted by atomic mass is 10.1. The summed E-state index contributed by atoms with van der Waals surface area (Å²) in [6.45, 7) is 6.08. The number of guanidine groups is 1. The Morgan fingerprint density at radius 2 is 2.07 bits per heavy atom. The number of hydrogen-bond donors (Lipinski definition) is 2. The molecule has 0 bridgehead atoms. The third-order valence-electron chi connectivity index (χ3n) is 6.02. The van der Waals surface area contributed by atoms with Gasteiger partial charge in [0.1, 0.15) is 5.82 Å². The quantitative estimate of drug-likeness (QED) is 0.346. The van der Waals surface area contributed by atoms with Crippen LogP contribution in [0.15, 0.2) is 35.3 Å². The minimum atomic E-state index is 0. The molecule has 0 saturated carbocycles. The maximum atomic E-state index is 4.61. The van der Waals surface area contributed by atoms with E-state index in [0.29, 0.717) is 12.1 Å². The second kappa shape index (κ2) is 11.1. The summed E-state index contributed by atoms with van der Waals surface area (Å²) in [7, 11) is 1.85. The highest BCUT2D eigenvalue weighted by Crippen LogP contribution is 2.19. The molecule has 7 nitrogen and oxygen atoms in total. The van der Waals surface area contributed by atoms with Crippen LogP contribution in [0.4, 0.5) is 0 Å². The predicted molar refractivity (Wildman–Crippen MR) is 131 cm³/mol. The zero-order valence-electron chi connectivity index (χ0n) is 18.0. The third-order valence-corrected chi connectivity index (χ3v) is 6.02. The monoisotopic (exact) mass is 523 g/mol. The number of rotatable bonds is 6. The van der Waals surface area contributed by atoms with Crippen molar-refractivity contribution in [3.8, 4) is 0 Å². The number of nitrogens with zero attached hydrogens (tertiary/aromatic N) is 5. The van der Waals surface area contributed by atoms with Crippen LogP contribution in [0.3, 0.4) is 0 Å². The van der Waals surface area contributed by atoms with E-state index in [1.54, 1.807) is 0 Å². The minimum absolute atomic E-state index is 0. The lowest BCUT2D eigenvalue weighted by Crippen LogP contribution is -2.49. The highest BCUT2D eigenvalue weighted by Gasteiger charge is 2.26. The highest BCUT2D eigenvalue weighted by atomic mass is 127. The molecule has 2 aliphatic heterocycles. The van der Waals surface area contributed by atoms with Gasteiger partial charge in [-0.15, -0.1) is 24.0 Å². The van der Waals surface area contributed by atoms with Gasteiger partial charge in [-0.05, 0) is 31.4 Å². The number of nitrogens with one attached hydrogen (secondary N) is 2. The van der Waals surface area contributed by atoms with Gasteiger partial charge in [-0.3, -0.25) is 9.89 Å². The summed E-state index contributed by atoms with van der Waals surface area (Å²) in [4.78, 5) is 11.7. The van der Waals surface area contributed by atoms with Gasteiger partial charge in [0.05, 0.1) is 6.54 Å². The van der Waals surface area contributed by atoms with Crippen molar-refractivity contribution in [3.63, 3.8) is 0 Å². The van der Waals surface area contributed by atoms with Crippen LogP contribution in [0.1, 0.15) is 43.4 Å². The lowest BCUT2D eigenvalue weighted by molar-refractivity contribution is 0.245. The molecule has 2 aromatic rings. The lowest BCUT2D eigenvalue weighted by Gasteiger charge is -2.28. The SMILES string of the molecule is CCc1nc2n(n1)CC(NC(=NC)NCC1CCCN1Cc1ccccc1)CC2.I. The van der Waals surface area contributed by atoms with E-state index in [9.17, 15) is 0 Å². The number of aromatic nitrogens is 3. The predicted octanol–water partition coefficient (Wildman–Crippen LogP) is 2.60. The fraction of sp³-hybridized carbons (Fsp3) is 0.591. The van der Waals surface area contributed by atoms with Crippen LogP contribution >= 0.6 is 24.0 Å². The van der Waals surface area contributed by atoms with Crippen molar-refractivity contribution >= 4 is 29.9 Å². The van der Waals surface area contributed by atoms with Gasteiger partial charge < -0.3 is 10.6 Å². The third kappa shape index (κ3) is 5.72. The number of aryl methyl sites for hydroxylation is 2. The molecule has 2 N–H and O–H groups in total. The Morgan fingerprint density at radius 1 is 1.23 bits per heavy atom. The zero-order chi connectivity index (χ0) is 20.1. The summed E-state index contributed by atoms with van der Waals surface area (Å²) >= 11 is 0. The summed E-state index contributed by atoms with van der Waals surface area (Å²) < 4.78 is 2.06. The topological polar surface area (TPSA) is 70.4 Å². The molecule has 1 aromatic heterocycles. The molecule has 0 radical (unpaired) electrons. The maximum Gasteiger partial charge on any atom is 0.191 e. The number of aliphatic imine (C=N–C) groups is 1. The number of benzene rings is 1. The van der Waals surface area contributed by atoms with Crippen LogP contribution in [-0.4, -0.2) is 57.8 Å². The normalized spacial score (nSPS) is 21.7. The molecule has 30 heavy (non-hydrogen) atoms. The van der Waals surface area contributed by atoms with Gasteiger partial charge in [-0.2, -0.15) is 5.10 Å². The number of halogens is 1. The first-order valence-electron chi connectivity index (χ1n) is 10.9. The molecule has 0 amide bonds. The molecule has 1 saturated heterocycles. The molecule has 4 rings (SSSR count). The van der Waals surface area contributed by atoms with Gasteiger partial charge in [0, 0.05) is 45.1 Å². The molecule has 1 fully saturated rings. The molecular weight excluding hydrogens is 489 g/mol. The fourth-order valence-corrected chi connectivity index (χ4v) is 4.38. The Balaban J connectivity index is 0.00000256. The van der Waals surface area contributed by atoms with E-state index >= 15 is 0 Å². The van der Waals surface area contributed by atoms with E-state index in [0.717, 1.165) is 56.5 Å². The van der Waals surface area contributed by atoms with Crippen molar-refractivity contribution in [2.24, 2.45) is 4.99 Å². The molecule has 0 spiro atoms. The number of likely N-dealkylation sites (tertiary alicyclic amines) is 1. The summed E-state index contributed by atoms with van der Waals surface area (Å²) in [6.07, 6.45) is 5.43. The van der Waals surface area contributed by atoms with Gasteiger partial charge in [0.25, 0.3) is 0 Å². The van der Waals surface area contributed by atoms with Gasteiger partial charge in [-0.1, -0.05) is 37.3 Å². The van der Waals surface area contributed by atoms with E-state index in [1.165, 1.54) is 24.9 Å². The van der Waals surface area contributed by atoms with Crippen molar-refractivity contribution in [1.29, 1.82) is 0 Å². The van der Waals surface area contributed by atoms with Crippen molar-refractivity contribution in [3.05, 3.63) is 47.5 Å². The van der Waals surface area contributed by atoms with Crippen LogP contribution in [0.5, 0.6) is 0 Å². The van der Waals surface area contributed by atoms with Gasteiger partial charge >= 0.3 is 0 Å². The van der Waals surface area contributed by atoms with Crippen LogP contribution in [0.25, 0.3) is 0 Å². The molecule has 2 aliphatic rings. The van der Waals surface area contributed by atoms with Crippen LogP contribution in [-0.2, 0) is 25.9 Å². The second-order valence-corrected chi connectivity index (χ2v) is 8.07. The summed E-state index contributed by atoms with van der Waals surface area (Å²) in [5, 5.41) is 11.8. The fourth-order valence-electron chi connectivity index (χ4n) is 4.38. The van der Waals surface area contributed by atoms with Crippen molar-refractivity contribution in [2.45, 2.75) is 64.2 Å². The molecule has 0 aliphatic carbocycles. The molecule has 2 atom stereocenters. The van der Waals surface area contributed by atoms with Crippen molar-refractivity contribution in [2.75, 3.05) is 20.1 Å². The molecule has 164 valence electrons. The average Bonchev–Trinajstić information content (AvgIpc) is 3.37. The highest BCUT2D eigenvalue weighted by molar-refractivity contribution is 14.0. The Labute approximate surface area is 196 Å². The maximum absolute atomic E-state index is 4.61. The molecule has 2 unspecified atom stereocenters. The van der Waals surface area contributed by atoms with E-state index < -0.39 is 0 Å². The standard InChI is InChI=1S/C22H33N7.HI/c1-3-20-26-21-12-11-18(16-29(21)27-20)25-22(23-2)24-14-19-10-7-13-28(19)15-17-8-5-4-6-9-17;/h4-6,8-9,18-19H,3,7,10-16H2,1-2H3,(H2,23,24,25);1H. The smallest absolute Gasteiger partial charge is 0.191 e. The summed E-state index contributed by atoms with van der Waals surface area (Å²) in [5.41, 5.74) is 1.39. The van der Waals surface area contributed by atoms with Crippen LogP contribution in [0, 0.1) is 0 Å². The first kappa shape index (κ1) is 23.0. The minimum Gasteiger partial charge on any atom is -0.355 e. The van der Waals surface area contributed by atoms with Crippen LogP contribution < -0.4 is 10.6 Å². The molecule has 8 heteroatoms. The molecular formula is C22H34IN7. The van der Waals surface area contributed by atoms with Crippen LogP contribution in [0.2, 0.25) is 0 Å². The number of fused-ring (bicyclic) bond motifs is 1. The van der Waals surface area contributed by atoms with E-state index in [2.05, 4.69) is 72.5 Å². The van der Waals surface area contributed by atoms with E-state index in [-0.39, 0.29) is 24.0 Å². The Hall–Kier alpha value is -1.68. The average molecular weight is 523 g/mol. The van der Waals surface area contributed by atoms with Gasteiger partial charge in [-0.25, -0.2) is 9.67 Å². The Bertz CT molecular complexity index is 820. The largest absolute Gasteiger partial charge is 0.355 e. The molecule has 3 heterocycles. The second-order valence-electron chi connectivity index (χ2n) is 8.07. The Kier molecular flexibility index (Phi) is 8.50. The van der Waals surface area contributed by atoms with Crippen molar-refractivity contribution in [1.82, 2.24) is 30.3 Å². The summed E-state index contributed by atoms with van der Waals surface area (Å²) in [6, 6.07) is 11.7. The first-order chi connectivity index (χ1) is 14.2. The van der Waals surface area contributed by atoms with E-state index in [4.69, 9.17) is 0 Å². The molecule has 1 aromatic carbocycles.